The van der Waals surface area contributed by atoms with Gasteiger partial charge < -0.3 is 30.5 Å². The van der Waals surface area contributed by atoms with E-state index in [9.17, 15) is 9.50 Å². The summed E-state index contributed by atoms with van der Waals surface area (Å²) in [5.41, 5.74) is 8.65. The van der Waals surface area contributed by atoms with E-state index in [1.54, 1.807) is 24.5 Å². The molecule has 0 unspecified atom stereocenters. The van der Waals surface area contributed by atoms with Crippen molar-refractivity contribution in [2.24, 2.45) is 11.7 Å². The minimum absolute atomic E-state index is 0. The first-order valence-electron chi connectivity index (χ1n) is 13.2. The van der Waals surface area contributed by atoms with Gasteiger partial charge in [-0.3, -0.25) is 0 Å². The molecule has 0 bridgehead atoms. The van der Waals surface area contributed by atoms with E-state index < -0.39 is 5.82 Å². The third-order valence-electron chi connectivity index (χ3n) is 6.96. The Morgan fingerprint density at radius 3 is 2.77 bits per heavy atom. The molecule has 0 aliphatic carbocycles. The van der Waals surface area contributed by atoms with Gasteiger partial charge in [0.2, 0.25) is 0 Å². The van der Waals surface area contributed by atoms with Gasteiger partial charge in [-0.1, -0.05) is 11.8 Å². The number of benzene rings is 1. The molecule has 40 heavy (non-hydrogen) atoms. The predicted octanol–water partition coefficient (Wildman–Crippen LogP) is 4.05. The van der Waals surface area contributed by atoms with E-state index in [4.69, 9.17) is 15.2 Å². The molecule has 3 aromatic rings. The zero-order valence-corrected chi connectivity index (χ0v) is 23.2. The van der Waals surface area contributed by atoms with Crippen molar-refractivity contribution >= 4 is 29.7 Å². The lowest BCUT2D eigenvalue weighted by atomic mass is 10.0. The van der Waals surface area contributed by atoms with E-state index in [1.165, 1.54) is 13.2 Å². The summed E-state index contributed by atoms with van der Waals surface area (Å²) in [6, 6.07) is 6.57. The molecule has 5 rings (SSSR count). The monoisotopic (exact) mass is 568 g/mol. The number of nitrogens with one attached hydrogen (secondary N) is 1. The molecule has 2 saturated heterocycles. The number of ether oxygens (including phenoxy) is 2. The lowest BCUT2D eigenvalue weighted by Crippen LogP contribution is -2.43. The van der Waals surface area contributed by atoms with Crippen LogP contribution < -0.4 is 20.7 Å². The number of pyridine rings is 1. The molecule has 0 amide bonds. The SMILES string of the molecule is COc1cc(CO)cc(F)c1-c1nccc(Nc2cc(N3CCC[C@H](N)C3)c(C#CC3CCOCC3)cn2)n1.Cl. The van der Waals surface area contributed by atoms with Crippen LogP contribution in [0.1, 0.15) is 36.8 Å². The van der Waals surface area contributed by atoms with Gasteiger partial charge in [0, 0.05) is 56.7 Å². The number of hydrogen-bond acceptors (Lipinski definition) is 9. The van der Waals surface area contributed by atoms with Crippen molar-refractivity contribution in [1.29, 1.82) is 0 Å². The van der Waals surface area contributed by atoms with Crippen LogP contribution in [0, 0.1) is 23.6 Å². The van der Waals surface area contributed by atoms with Gasteiger partial charge >= 0.3 is 0 Å². The number of anilines is 3. The van der Waals surface area contributed by atoms with Crippen molar-refractivity contribution < 1.29 is 19.0 Å². The van der Waals surface area contributed by atoms with E-state index in [0.717, 1.165) is 63.2 Å². The molecule has 4 heterocycles. The zero-order chi connectivity index (χ0) is 27.2. The molecule has 212 valence electrons. The highest BCUT2D eigenvalue weighted by atomic mass is 35.5. The van der Waals surface area contributed by atoms with Crippen LogP contribution in [-0.2, 0) is 11.3 Å². The number of aromatic nitrogens is 3. The lowest BCUT2D eigenvalue weighted by Gasteiger charge is -2.33. The number of methoxy groups -OCH3 is 1. The maximum Gasteiger partial charge on any atom is 0.168 e. The average molecular weight is 569 g/mol. The van der Waals surface area contributed by atoms with Gasteiger partial charge in [-0.25, -0.2) is 19.3 Å². The first kappa shape index (κ1) is 29.5. The molecule has 0 spiro atoms. The van der Waals surface area contributed by atoms with Crippen LogP contribution in [0.2, 0.25) is 0 Å². The summed E-state index contributed by atoms with van der Waals surface area (Å²) in [6.45, 7) is 2.83. The summed E-state index contributed by atoms with van der Waals surface area (Å²) in [5, 5.41) is 12.6. The largest absolute Gasteiger partial charge is 0.496 e. The Bertz CT molecular complexity index is 1380. The molecular weight excluding hydrogens is 535 g/mol. The second-order valence-corrected chi connectivity index (χ2v) is 9.79. The van der Waals surface area contributed by atoms with Crippen LogP contribution in [0.5, 0.6) is 5.75 Å². The Labute approximate surface area is 239 Å². The summed E-state index contributed by atoms with van der Waals surface area (Å²) in [7, 11) is 1.44. The second-order valence-electron chi connectivity index (χ2n) is 9.79. The third-order valence-corrected chi connectivity index (χ3v) is 6.96. The quantitative estimate of drug-likeness (QED) is 0.378. The van der Waals surface area contributed by atoms with Gasteiger partial charge in [0.15, 0.2) is 5.82 Å². The lowest BCUT2D eigenvalue weighted by molar-refractivity contribution is 0.0807. The summed E-state index contributed by atoms with van der Waals surface area (Å²) < 4.78 is 25.7. The van der Waals surface area contributed by atoms with Crippen molar-refractivity contribution in [3.05, 3.63) is 53.6 Å². The number of rotatable bonds is 6. The van der Waals surface area contributed by atoms with Crippen LogP contribution in [0.3, 0.4) is 0 Å². The van der Waals surface area contributed by atoms with Crippen molar-refractivity contribution in [3.63, 3.8) is 0 Å². The van der Waals surface area contributed by atoms with Gasteiger partial charge in [0.25, 0.3) is 0 Å². The topological polar surface area (TPSA) is 119 Å². The molecule has 4 N–H and O–H groups in total. The summed E-state index contributed by atoms with van der Waals surface area (Å²) >= 11 is 0. The fourth-order valence-corrected chi connectivity index (χ4v) is 4.91. The van der Waals surface area contributed by atoms with E-state index in [1.807, 2.05) is 6.07 Å². The van der Waals surface area contributed by atoms with Crippen LogP contribution in [0.25, 0.3) is 11.4 Å². The maximum absolute atomic E-state index is 14.9. The molecule has 0 radical (unpaired) electrons. The molecule has 2 fully saturated rings. The summed E-state index contributed by atoms with van der Waals surface area (Å²) in [5.74, 6) is 7.94. The highest BCUT2D eigenvalue weighted by Gasteiger charge is 2.21. The Kier molecular flexibility index (Phi) is 10.1. The number of piperidine rings is 1. The molecular formula is C29H34ClFN6O3. The number of hydrogen-bond donors (Lipinski definition) is 3. The highest BCUT2D eigenvalue weighted by Crippen LogP contribution is 2.33. The third kappa shape index (κ3) is 6.98. The van der Waals surface area contributed by atoms with Crippen molar-refractivity contribution in [3.8, 4) is 29.0 Å². The summed E-state index contributed by atoms with van der Waals surface area (Å²) in [6.07, 6.45) is 7.21. The fraction of sp³-hybridized carbons (Fsp3) is 0.414. The Morgan fingerprint density at radius 2 is 2.02 bits per heavy atom. The molecule has 2 aliphatic rings. The first-order valence-corrected chi connectivity index (χ1v) is 13.2. The van der Waals surface area contributed by atoms with Crippen molar-refractivity contribution in [1.82, 2.24) is 15.0 Å². The highest BCUT2D eigenvalue weighted by molar-refractivity contribution is 5.85. The van der Waals surface area contributed by atoms with E-state index in [-0.39, 0.29) is 42.2 Å². The van der Waals surface area contributed by atoms with Gasteiger partial charge in [-0.2, -0.15) is 0 Å². The van der Waals surface area contributed by atoms with Crippen LogP contribution in [0.4, 0.5) is 21.7 Å². The van der Waals surface area contributed by atoms with E-state index in [0.29, 0.717) is 23.1 Å². The Morgan fingerprint density at radius 1 is 1.20 bits per heavy atom. The number of nitrogens with zero attached hydrogens (tertiary/aromatic N) is 4. The maximum atomic E-state index is 14.9. The second kappa shape index (κ2) is 13.7. The fourth-order valence-electron chi connectivity index (χ4n) is 4.91. The number of nitrogens with two attached hydrogens (primary N) is 1. The van der Waals surface area contributed by atoms with Gasteiger partial charge in [0.05, 0.1) is 30.5 Å². The first-order chi connectivity index (χ1) is 19.0. The van der Waals surface area contributed by atoms with Crippen molar-refractivity contribution in [2.75, 3.05) is 43.6 Å². The Hall–Kier alpha value is -3.49. The van der Waals surface area contributed by atoms with Crippen molar-refractivity contribution in [2.45, 2.75) is 38.3 Å². The number of halogens is 2. The minimum Gasteiger partial charge on any atom is -0.496 e. The molecule has 11 heteroatoms. The normalized spacial score (nSPS) is 17.4. The van der Waals surface area contributed by atoms with Gasteiger partial charge in [-0.15, -0.1) is 12.4 Å². The molecule has 2 aliphatic heterocycles. The van der Waals surface area contributed by atoms with Crippen LogP contribution in [0.15, 0.2) is 36.7 Å². The smallest absolute Gasteiger partial charge is 0.168 e. The van der Waals surface area contributed by atoms with Gasteiger partial charge in [0.1, 0.15) is 23.2 Å². The average Bonchev–Trinajstić information content (AvgIpc) is 2.96. The molecule has 1 atom stereocenters. The predicted molar refractivity (Wildman–Crippen MR) is 155 cm³/mol. The van der Waals surface area contributed by atoms with E-state index in [2.05, 4.69) is 37.0 Å². The van der Waals surface area contributed by atoms with Gasteiger partial charge in [-0.05, 0) is 49.4 Å². The number of aliphatic hydroxyl groups excluding tert-OH is 1. The minimum atomic E-state index is -0.579. The standard InChI is InChI=1S/C29H33FN6O3.ClH/c1-38-25-14-20(18-37)13-23(30)28(25)29-32-9-6-26(35-29)34-27-15-24(36-10-2-3-22(31)17-36)21(16-33-27)5-4-19-7-11-39-12-8-19;/h6,9,13-16,19,22,37H,2-3,7-8,10-12,17-18,31H2,1H3,(H,32,33,34,35);1H/t22-;/m0./s1. The Balaban J connectivity index is 0.00000370. The zero-order valence-electron chi connectivity index (χ0n) is 22.4. The van der Waals surface area contributed by atoms with Crippen LogP contribution in [-0.4, -0.2) is 59.5 Å². The van der Waals surface area contributed by atoms with E-state index >= 15 is 0 Å². The molecule has 9 nitrogen and oxygen atoms in total. The number of aliphatic hydroxyl groups is 1. The summed E-state index contributed by atoms with van der Waals surface area (Å²) in [4.78, 5) is 15.6. The molecule has 0 saturated carbocycles. The van der Waals surface area contributed by atoms with Crippen LogP contribution >= 0.6 is 12.4 Å². The molecule has 2 aromatic heterocycles. The molecule has 1 aromatic carbocycles.